The van der Waals surface area contributed by atoms with Gasteiger partial charge in [0.2, 0.25) is 0 Å². The van der Waals surface area contributed by atoms with E-state index in [0.29, 0.717) is 11.8 Å². The van der Waals surface area contributed by atoms with Gasteiger partial charge in [0.15, 0.2) is 0 Å². The summed E-state index contributed by atoms with van der Waals surface area (Å²) in [5, 5.41) is 12.1. The number of hydrogen-bond donors (Lipinski definition) is 2. The summed E-state index contributed by atoms with van der Waals surface area (Å²) in [7, 11) is 0.727. The van der Waals surface area contributed by atoms with Crippen LogP contribution in [0.5, 0.6) is 5.75 Å². The summed E-state index contributed by atoms with van der Waals surface area (Å²) in [6, 6.07) is 5.01. The third kappa shape index (κ3) is 5.30. The lowest BCUT2D eigenvalue weighted by Gasteiger charge is -2.14. The van der Waals surface area contributed by atoms with Crippen LogP contribution < -0.4 is 9.82 Å². The van der Waals surface area contributed by atoms with E-state index in [-0.39, 0.29) is 19.0 Å². The van der Waals surface area contributed by atoms with Crippen LogP contribution in [-0.2, 0) is 6.42 Å². The smallest absolute Gasteiger partial charge is 0.126 e. The summed E-state index contributed by atoms with van der Waals surface area (Å²) in [6.45, 7) is 4.37. The second-order valence-corrected chi connectivity index (χ2v) is 4.95. The second kappa shape index (κ2) is 8.41. The Morgan fingerprint density at radius 1 is 1.50 bits per heavy atom. The molecular weight excluding hydrogens is 252 g/mol. The first-order chi connectivity index (χ1) is 8.67. The van der Waals surface area contributed by atoms with Crippen molar-refractivity contribution in [2.75, 3.05) is 19.9 Å². The number of halogens is 1. The lowest BCUT2D eigenvalue weighted by atomic mass is 10.1. The van der Waals surface area contributed by atoms with Crippen molar-refractivity contribution in [2.45, 2.75) is 25.8 Å². The van der Waals surface area contributed by atoms with Gasteiger partial charge < -0.3 is 9.84 Å². The fraction of sp³-hybridized carbons (Fsp3) is 0.538. The maximum absolute atomic E-state index is 13.1. The molecule has 1 aromatic carbocycles. The molecule has 0 bridgehead atoms. The van der Waals surface area contributed by atoms with E-state index in [9.17, 15) is 4.39 Å². The first-order valence-electron chi connectivity index (χ1n) is 6.11. The third-order valence-electron chi connectivity index (χ3n) is 2.62. The van der Waals surface area contributed by atoms with Crippen LogP contribution >= 0.6 is 8.73 Å². The quantitative estimate of drug-likeness (QED) is 0.714. The molecule has 5 heteroatoms. The summed E-state index contributed by atoms with van der Waals surface area (Å²) in [6.07, 6.45) is 1.81. The molecule has 0 amide bonds. The first kappa shape index (κ1) is 15.4. The minimum Gasteiger partial charge on any atom is -0.491 e. The van der Waals surface area contributed by atoms with Crippen molar-refractivity contribution in [3.63, 3.8) is 0 Å². The van der Waals surface area contributed by atoms with Crippen LogP contribution in [0.3, 0.4) is 0 Å². The zero-order chi connectivity index (χ0) is 13.4. The van der Waals surface area contributed by atoms with Gasteiger partial charge in [-0.2, -0.15) is 0 Å². The zero-order valence-electron chi connectivity index (χ0n) is 10.9. The predicted octanol–water partition coefficient (Wildman–Crippen LogP) is 2.33. The molecule has 0 aliphatic carbocycles. The number of hydrogen-bond acceptors (Lipinski definition) is 3. The third-order valence-corrected chi connectivity index (χ3v) is 3.40. The molecule has 1 aromatic rings. The van der Waals surface area contributed by atoms with E-state index in [0.717, 1.165) is 27.1 Å². The van der Waals surface area contributed by atoms with Crippen molar-refractivity contribution in [3.05, 3.63) is 29.6 Å². The molecule has 2 unspecified atom stereocenters. The van der Waals surface area contributed by atoms with Gasteiger partial charge in [0.1, 0.15) is 18.2 Å². The Balaban J connectivity index is 2.62. The molecule has 3 nitrogen and oxygen atoms in total. The minimum atomic E-state index is -0.312. The van der Waals surface area contributed by atoms with Gasteiger partial charge in [-0.05, 0) is 38.1 Å². The lowest BCUT2D eigenvalue weighted by Crippen LogP contribution is -2.18. The van der Waals surface area contributed by atoms with Crippen LogP contribution in [0.15, 0.2) is 18.2 Å². The van der Waals surface area contributed by atoms with Crippen LogP contribution in [-0.4, -0.2) is 31.0 Å². The number of nitrogens with one attached hydrogen (secondary N) is 1. The maximum Gasteiger partial charge on any atom is 0.126 e. The molecule has 0 saturated heterocycles. The van der Waals surface area contributed by atoms with Crippen molar-refractivity contribution in [3.8, 4) is 5.75 Å². The second-order valence-electron chi connectivity index (χ2n) is 4.16. The largest absolute Gasteiger partial charge is 0.491 e. The molecule has 102 valence electrons. The standard InChI is InChI=1S/C13H21FNO2P/c1-10(15-18-2)3-4-11-5-6-12(14)9-13(11)17-8-7-16/h5-6,9-10,15-16,18H,3-4,7-8H2,1-2H3. The van der Waals surface area contributed by atoms with Crippen LogP contribution in [0.4, 0.5) is 4.39 Å². The number of rotatable bonds is 8. The number of aliphatic hydroxyl groups is 1. The zero-order valence-corrected chi connectivity index (χ0v) is 11.9. The first-order valence-corrected chi connectivity index (χ1v) is 7.61. The topological polar surface area (TPSA) is 41.5 Å². The van der Waals surface area contributed by atoms with Crippen LogP contribution in [0.2, 0.25) is 0 Å². The van der Waals surface area contributed by atoms with Crippen LogP contribution in [0.25, 0.3) is 0 Å². The van der Waals surface area contributed by atoms with Gasteiger partial charge in [-0.3, -0.25) is 5.09 Å². The summed E-state index contributed by atoms with van der Waals surface area (Å²) >= 11 is 0. The van der Waals surface area contributed by atoms with Crippen LogP contribution in [0.1, 0.15) is 18.9 Å². The molecule has 0 aromatic heterocycles. The van der Waals surface area contributed by atoms with Crippen molar-refractivity contribution >= 4 is 8.73 Å². The highest BCUT2D eigenvalue weighted by Crippen LogP contribution is 2.22. The Morgan fingerprint density at radius 2 is 2.28 bits per heavy atom. The van der Waals surface area contributed by atoms with Crippen LogP contribution in [0, 0.1) is 5.82 Å². The molecule has 0 fully saturated rings. The molecule has 18 heavy (non-hydrogen) atoms. The number of aryl methyl sites for hydroxylation is 1. The Hall–Kier alpha value is -0.700. The van der Waals surface area contributed by atoms with E-state index in [1.807, 2.05) is 0 Å². The Bertz CT molecular complexity index is 363. The normalized spacial score (nSPS) is 13.1. The van der Waals surface area contributed by atoms with Crippen molar-refractivity contribution in [1.29, 1.82) is 0 Å². The Morgan fingerprint density at radius 3 is 2.94 bits per heavy atom. The van der Waals surface area contributed by atoms with E-state index in [1.54, 1.807) is 6.07 Å². The molecule has 2 N–H and O–H groups in total. The lowest BCUT2D eigenvalue weighted by molar-refractivity contribution is 0.199. The molecule has 2 atom stereocenters. The molecule has 0 heterocycles. The highest BCUT2D eigenvalue weighted by Gasteiger charge is 2.08. The molecule has 1 rings (SSSR count). The summed E-state index contributed by atoms with van der Waals surface area (Å²) in [5.41, 5.74) is 0.984. The predicted molar refractivity (Wildman–Crippen MR) is 74.1 cm³/mol. The van der Waals surface area contributed by atoms with E-state index >= 15 is 0 Å². The molecule has 0 radical (unpaired) electrons. The van der Waals surface area contributed by atoms with Gasteiger partial charge in [-0.25, -0.2) is 4.39 Å². The molecule has 0 saturated carbocycles. The van der Waals surface area contributed by atoms with Gasteiger partial charge in [0.05, 0.1) is 6.61 Å². The average molecular weight is 273 g/mol. The SMILES string of the molecule is CPNC(C)CCc1ccc(F)cc1OCCO. The van der Waals surface area contributed by atoms with Crippen molar-refractivity contribution in [2.24, 2.45) is 0 Å². The Labute approximate surface area is 110 Å². The van der Waals surface area contributed by atoms with E-state index in [4.69, 9.17) is 9.84 Å². The summed E-state index contributed by atoms with van der Waals surface area (Å²) < 4.78 is 18.5. The van der Waals surface area contributed by atoms with Gasteiger partial charge in [-0.15, -0.1) is 0 Å². The van der Waals surface area contributed by atoms with Crippen molar-refractivity contribution < 1.29 is 14.2 Å². The summed E-state index contributed by atoms with van der Waals surface area (Å²) in [4.78, 5) is 0. The molecular formula is C13H21FNO2P. The van der Waals surface area contributed by atoms with E-state index in [1.165, 1.54) is 12.1 Å². The fourth-order valence-electron chi connectivity index (χ4n) is 1.72. The highest BCUT2D eigenvalue weighted by atomic mass is 31.1. The maximum atomic E-state index is 13.1. The molecule has 0 aliphatic rings. The molecule has 0 aliphatic heterocycles. The Kier molecular flexibility index (Phi) is 7.18. The van der Waals surface area contributed by atoms with Gasteiger partial charge in [0.25, 0.3) is 0 Å². The minimum absolute atomic E-state index is 0.0646. The number of benzene rings is 1. The summed E-state index contributed by atoms with van der Waals surface area (Å²) in [5.74, 6) is 0.225. The van der Waals surface area contributed by atoms with E-state index in [2.05, 4.69) is 18.7 Å². The number of ether oxygens (including phenoxy) is 1. The highest BCUT2D eigenvalue weighted by molar-refractivity contribution is 7.34. The monoisotopic (exact) mass is 273 g/mol. The van der Waals surface area contributed by atoms with Crippen molar-refractivity contribution in [1.82, 2.24) is 5.09 Å². The fourth-order valence-corrected chi connectivity index (χ4v) is 2.35. The molecule has 0 spiro atoms. The number of aliphatic hydroxyl groups excluding tert-OH is 1. The average Bonchev–Trinajstić information content (AvgIpc) is 2.35. The van der Waals surface area contributed by atoms with Gasteiger partial charge in [-0.1, -0.05) is 14.8 Å². The van der Waals surface area contributed by atoms with Gasteiger partial charge >= 0.3 is 0 Å². The van der Waals surface area contributed by atoms with E-state index < -0.39 is 0 Å². The van der Waals surface area contributed by atoms with Gasteiger partial charge in [0, 0.05) is 12.1 Å².